The van der Waals surface area contributed by atoms with Gasteiger partial charge in [0, 0.05) is 17.8 Å². The first-order valence-corrected chi connectivity index (χ1v) is 6.94. The molecule has 0 aliphatic rings. The minimum absolute atomic E-state index is 0.0411. The molecule has 1 aromatic rings. The standard InChI is InChI=1S/C15H23N3O2/c1-4-10(3)14(16)15(20)18-12-8-6-11(7-9-12)17-13(19)5-2/h6-10,14H,4-5,16H2,1-3H3,(H,17,19)(H,18,20). The molecule has 5 nitrogen and oxygen atoms in total. The predicted molar refractivity (Wildman–Crippen MR) is 81.4 cm³/mol. The molecule has 0 saturated carbocycles. The van der Waals surface area contributed by atoms with Crippen molar-refractivity contribution in [3.63, 3.8) is 0 Å². The summed E-state index contributed by atoms with van der Waals surface area (Å²) in [6, 6.07) is 6.47. The van der Waals surface area contributed by atoms with E-state index in [4.69, 9.17) is 5.73 Å². The highest BCUT2D eigenvalue weighted by molar-refractivity contribution is 5.95. The third-order valence-electron chi connectivity index (χ3n) is 3.32. The number of rotatable bonds is 6. The summed E-state index contributed by atoms with van der Waals surface area (Å²) in [5.41, 5.74) is 7.24. The monoisotopic (exact) mass is 277 g/mol. The summed E-state index contributed by atoms with van der Waals surface area (Å²) in [5.74, 6) is -0.0941. The number of anilines is 2. The number of hydrogen-bond donors (Lipinski definition) is 3. The lowest BCUT2D eigenvalue weighted by Crippen LogP contribution is -2.40. The van der Waals surface area contributed by atoms with E-state index in [-0.39, 0.29) is 17.7 Å². The zero-order valence-electron chi connectivity index (χ0n) is 12.3. The summed E-state index contributed by atoms with van der Waals surface area (Å²) in [7, 11) is 0. The van der Waals surface area contributed by atoms with Crippen molar-refractivity contribution in [1.29, 1.82) is 0 Å². The number of nitrogens with two attached hydrogens (primary N) is 1. The first kappa shape index (κ1) is 16.2. The van der Waals surface area contributed by atoms with Crippen LogP contribution in [0.5, 0.6) is 0 Å². The van der Waals surface area contributed by atoms with E-state index in [1.165, 1.54) is 0 Å². The third kappa shape index (κ3) is 4.66. The number of carbonyl (C=O) groups is 2. The van der Waals surface area contributed by atoms with Gasteiger partial charge in [0.1, 0.15) is 0 Å². The average molecular weight is 277 g/mol. The molecule has 5 heteroatoms. The van der Waals surface area contributed by atoms with Crippen molar-refractivity contribution in [3.05, 3.63) is 24.3 Å². The van der Waals surface area contributed by atoms with Crippen molar-refractivity contribution in [1.82, 2.24) is 0 Å². The summed E-state index contributed by atoms with van der Waals surface area (Å²) < 4.78 is 0. The van der Waals surface area contributed by atoms with E-state index in [0.717, 1.165) is 6.42 Å². The average Bonchev–Trinajstić information content (AvgIpc) is 2.47. The second kappa shape index (κ2) is 7.65. The second-order valence-electron chi connectivity index (χ2n) is 4.88. The van der Waals surface area contributed by atoms with Gasteiger partial charge < -0.3 is 16.4 Å². The molecule has 0 fully saturated rings. The van der Waals surface area contributed by atoms with Crippen molar-refractivity contribution in [2.45, 2.75) is 39.7 Å². The Kier molecular flexibility index (Phi) is 6.18. The molecule has 2 amide bonds. The van der Waals surface area contributed by atoms with Crippen LogP contribution in [0.1, 0.15) is 33.6 Å². The van der Waals surface area contributed by atoms with Crippen molar-refractivity contribution in [3.8, 4) is 0 Å². The van der Waals surface area contributed by atoms with Crippen molar-refractivity contribution in [2.75, 3.05) is 10.6 Å². The highest BCUT2D eigenvalue weighted by Crippen LogP contribution is 2.15. The molecule has 4 N–H and O–H groups in total. The molecule has 0 bridgehead atoms. The molecule has 20 heavy (non-hydrogen) atoms. The van der Waals surface area contributed by atoms with Crippen molar-refractivity contribution < 1.29 is 9.59 Å². The van der Waals surface area contributed by atoms with Crippen LogP contribution < -0.4 is 16.4 Å². The normalized spacial score (nSPS) is 13.4. The second-order valence-corrected chi connectivity index (χ2v) is 4.88. The summed E-state index contributed by atoms with van der Waals surface area (Å²) in [5, 5.41) is 5.52. The van der Waals surface area contributed by atoms with Gasteiger partial charge in [0.05, 0.1) is 6.04 Å². The number of amides is 2. The Morgan fingerprint density at radius 3 is 2.05 bits per heavy atom. The Hall–Kier alpha value is -1.88. The van der Waals surface area contributed by atoms with E-state index in [2.05, 4.69) is 10.6 Å². The smallest absolute Gasteiger partial charge is 0.241 e. The van der Waals surface area contributed by atoms with Gasteiger partial charge in [-0.25, -0.2) is 0 Å². The van der Waals surface area contributed by atoms with Crippen LogP contribution >= 0.6 is 0 Å². The van der Waals surface area contributed by atoms with Crippen molar-refractivity contribution in [2.24, 2.45) is 11.7 Å². The van der Waals surface area contributed by atoms with Gasteiger partial charge in [0.2, 0.25) is 11.8 Å². The molecule has 2 atom stereocenters. The minimum Gasteiger partial charge on any atom is -0.326 e. The molecule has 0 aromatic heterocycles. The molecule has 0 saturated heterocycles. The van der Waals surface area contributed by atoms with E-state index in [1.807, 2.05) is 13.8 Å². The fourth-order valence-electron chi connectivity index (χ4n) is 1.62. The van der Waals surface area contributed by atoms with Crippen LogP contribution in [0, 0.1) is 5.92 Å². The van der Waals surface area contributed by atoms with Gasteiger partial charge in [-0.3, -0.25) is 9.59 Å². The van der Waals surface area contributed by atoms with Crippen LogP contribution in [0.4, 0.5) is 11.4 Å². The largest absolute Gasteiger partial charge is 0.326 e. The Morgan fingerprint density at radius 1 is 1.10 bits per heavy atom. The number of benzene rings is 1. The number of carbonyl (C=O) groups excluding carboxylic acids is 2. The van der Waals surface area contributed by atoms with Crippen LogP contribution in [-0.2, 0) is 9.59 Å². The summed E-state index contributed by atoms with van der Waals surface area (Å²) >= 11 is 0. The fourth-order valence-corrected chi connectivity index (χ4v) is 1.62. The van der Waals surface area contributed by atoms with E-state index in [1.54, 1.807) is 31.2 Å². The molecule has 1 aromatic carbocycles. The van der Waals surface area contributed by atoms with Gasteiger partial charge in [-0.15, -0.1) is 0 Å². The number of nitrogens with one attached hydrogen (secondary N) is 2. The molecular formula is C15H23N3O2. The van der Waals surface area contributed by atoms with Crippen LogP contribution in [0.2, 0.25) is 0 Å². The lowest BCUT2D eigenvalue weighted by atomic mass is 9.99. The molecule has 0 spiro atoms. The van der Waals surface area contributed by atoms with Gasteiger partial charge in [-0.05, 0) is 30.2 Å². The van der Waals surface area contributed by atoms with Crippen molar-refractivity contribution >= 4 is 23.2 Å². The molecule has 110 valence electrons. The number of hydrogen-bond acceptors (Lipinski definition) is 3. The van der Waals surface area contributed by atoms with E-state index >= 15 is 0 Å². The highest BCUT2D eigenvalue weighted by Gasteiger charge is 2.19. The maximum Gasteiger partial charge on any atom is 0.241 e. The Balaban J connectivity index is 2.61. The molecule has 0 aliphatic heterocycles. The Morgan fingerprint density at radius 2 is 1.60 bits per heavy atom. The third-order valence-corrected chi connectivity index (χ3v) is 3.32. The maximum atomic E-state index is 11.9. The highest BCUT2D eigenvalue weighted by atomic mass is 16.2. The van der Waals surface area contributed by atoms with E-state index < -0.39 is 6.04 Å². The first-order valence-electron chi connectivity index (χ1n) is 6.94. The van der Waals surface area contributed by atoms with Crippen LogP contribution in [0.25, 0.3) is 0 Å². The lowest BCUT2D eigenvalue weighted by molar-refractivity contribution is -0.118. The SMILES string of the molecule is CCC(=O)Nc1ccc(NC(=O)C(N)C(C)CC)cc1. The zero-order chi connectivity index (χ0) is 15.1. The summed E-state index contributed by atoms with van der Waals surface area (Å²) in [4.78, 5) is 23.2. The minimum atomic E-state index is -0.514. The predicted octanol–water partition coefficient (Wildman–Crippen LogP) is 2.35. The van der Waals surface area contributed by atoms with Gasteiger partial charge in [-0.1, -0.05) is 27.2 Å². The fraction of sp³-hybridized carbons (Fsp3) is 0.467. The van der Waals surface area contributed by atoms with Gasteiger partial charge >= 0.3 is 0 Å². The topological polar surface area (TPSA) is 84.2 Å². The van der Waals surface area contributed by atoms with Gasteiger partial charge in [0.25, 0.3) is 0 Å². The molecule has 0 heterocycles. The lowest BCUT2D eigenvalue weighted by Gasteiger charge is -2.17. The van der Waals surface area contributed by atoms with Crippen LogP contribution in [0.3, 0.4) is 0 Å². The molecule has 0 radical (unpaired) electrons. The maximum absolute atomic E-state index is 11.9. The molecule has 2 unspecified atom stereocenters. The quantitative estimate of drug-likeness (QED) is 0.746. The van der Waals surface area contributed by atoms with Gasteiger partial charge in [-0.2, -0.15) is 0 Å². The molecule has 0 aliphatic carbocycles. The van der Waals surface area contributed by atoms with Crippen LogP contribution in [-0.4, -0.2) is 17.9 Å². The summed E-state index contributed by atoms with van der Waals surface area (Å²) in [6.45, 7) is 5.75. The molecular weight excluding hydrogens is 254 g/mol. The first-order chi connectivity index (χ1) is 9.47. The zero-order valence-corrected chi connectivity index (χ0v) is 12.3. The van der Waals surface area contributed by atoms with Gasteiger partial charge in [0.15, 0.2) is 0 Å². The molecule has 1 rings (SSSR count). The summed E-state index contributed by atoms with van der Waals surface area (Å²) in [6.07, 6.45) is 1.29. The van der Waals surface area contributed by atoms with Crippen LogP contribution in [0.15, 0.2) is 24.3 Å². The van der Waals surface area contributed by atoms with E-state index in [9.17, 15) is 9.59 Å². The Bertz CT molecular complexity index is 457. The van der Waals surface area contributed by atoms with E-state index in [0.29, 0.717) is 17.8 Å². The Labute approximate surface area is 119 Å².